The maximum absolute atomic E-state index is 12.2. The van der Waals surface area contributed by atoms with Gasteiger partial charge in [-0.05, 0) is 55.4 Å². The average Bonchev–Trinajstić information content (AvgIpc) is 2.63. The van der Waals surface area contributed by atoms with Gasteiger partial charge in [-0.3, -0.25) is 9.11 Å². The van der Waals surface area contributed by atoms with Gasteiger partial charge in [-0.25, -0.2) is 0 Å². The van der Waals surface area contributed by atoms with Gasteiger partial charge in [0.25, 0.3) is 20.2 Å². The normalized spacial score (nSPS) is 22.2. The minimum Gasteiger partial charge on any atom is -0.495 e. The Morgan fingerprint density at radius 1 is 1.17 bits per heavy atom. The van der Waals surface area contributed by atoms with Gasteiger partial charge < -0.3 is 10.1 Å². The topological polar surface area (TPSA) is 130 Å². The van der Waals surface area contributed by atoms with Crippen LogP contribution in [0.2, 0.25) is 5.02 Å². The molecule has 2 atom stereocenters. The van der Waals surface area contributed by atoms with Crippen LogP contribution in [0.25, 0.3) is 0 Å². The van der Waals surface area contributed by atoms with Crippen molar-refractivity contribution in [2.45, 2.75) is 31.9 Å². The quantitative estimate of drug-likeness (QED) is 0.549. The van der Waals surface area contributed by atoms with Gasteiger partial charge in [-0.1, -0.05) is 23.8 Å². The van der Waals surface area contributed by atoms with E-state index in [1.807, 2.05) is 0 Å². The van der Waals surface area contributed by atoms with Crippen LogP contribution in [0.3, 0.4) is 0 Å². The summed E-state index contributed by atoms with van der Waals surface area (Å²) in [5.41, 5.74) is 2.78. The highest BCUT2D eigenvalue weighted by molar-refractivity contribution is 7.89. The molecule has 3 rings (SSSR count). The number of allylic oxidation sites excluding steroid dienone is 4. The van der Waals surface area contributed by atoms with Crippen molar-refractivity contribution in [1.29, 1.82) is 0 Å². The molecule has 11 heteroatoms. The molecule has 1 aromatic rings. The molecule has 0 bridgehead atoms. The zero-order chi connectivity index (χ0) is 22.4. The monoisotopic (exact) mass is 475 g/mol. The number of anilines is 1. The van der Waals surface area contributed by atoms with E-state index in [1.54, 1.807) is 32.1 Å². The fourth-order valence-corrected chi connectivity index (χ4v) is 5.76. The lowest BCUT2D eigenvalue weighted by molar-refractivity contribution is 0.415. The predicted octanol–water partition coefficient (Wildman–Crippen LogP) is 3.72. The van der Waals surface area contributed by atoms with Crippen molar-refractivity contribution in [2.75, 3.05) is 12.4 Å². The molecule has 8 nitrogen and oxygen atoms in total. The van der Waals surface area contributed by atoms with Crippen molar-refractivity contribution in [1.82, 2.24) is 0 Å². The Hall–Kier alpha value is -1.85. The Morgan fingerprint density at radius 2 is 1.83 bits per heavy atom. The first-order valence-corrected chi connectivity index (χ1v) is 12.3. The molecule has 0 saturated carbocycles. The SMILES string of the molecule is COc1cc(NC2=C(S(=O)(=O)O)CC3CC(S(=O)(=O)O)C=CC3=C2C)c(C)cc1Cl. The van der Waals surface area contributed by atoms with Crippen molar-refractivity contribution in [3.05, 3.63) is 56.6 Å². The summed E-state index contributed by atoms with van der Waals surface area (Å²) in [6.45, 7) is 3.47. The summed E-state index contributed by atoms with van der Waals surface area (Å²) in [6, 6.07) is 3.29. The summed E-state index contributed by atoms with van der Waals surface area (Å²) < 4.78 is 71.8. The first-order chi connectivity index (χ1) is 13.8. The van der Waals surface area contributed by atoms with Gasteiger partial charge in [0.05, 0.1) is 22.7 Å². The van der Waals surface area contributed by atoms with Gasteiger partial charge in [0.15, 0.2) is 0 Å². The Kier molecular flexibility index (Phi) is 6.09. The van der Waals surface area contributed by atoms with Crippen LogP contribution in [0, 0.1) is 12.8 Å². The molecule has 2 unspecified atom stereocenters. The van der Waals surface area contributed by atoms with Crippen LogP contribution in [0.4, 0.5) is 5.69 Å². The second-order valence-electron chi connectivity index (χ2n) is 7.33. The maximum atomic E-state index is 12.2. The minimum atomic E-state index is -4.58. The largest absolute Gasteiger partial charge is 0.495 e. The van der Waals surface area contributed by atoms with Crippen molar-refractivity contribution in [3.63, 3.8) is 0 Å². The van der Waals surface area contributed by atoms with Gasteiger partial charge in [0.2, 0.25) is 0 Å². The Bertz CT molecular complexity index is 1200. The summed E-state index contributed by atoms with van der Waals surface area (Å²) in [6.07, 6.45) is 2.88. The van der Waals surface area contributed by atoms with Crippen LogP contribution < -0.4 is 10.1 Å². The van der Waals surface area contributed by atoms with Gasteiger partial charge in [-0.2, -0.15) is 16.8 Å². The van der Waals surface area contributed by atoms with Crippen molar-refractivity contribution >= 4 is 37.5 Å². The highest BCUT2D eigenvalue weighted by Gasteiger charge is 2.37. The molecule has 0 heterocycles. The van der Waals surface area contributed by atoms with Gasteiger partial charge in [0, 0.05) is 11.8 Å². The molecule has 2 aliphatic rings. The van der Waals surface area contributed by atoms with Crippen LogP contribution in [0.1, 0.15) is 25.3 Å². The van der Waals surface area contributed by atoms with Gasteiger partial charge >= 0.3 is 0 Å². The highest BCUT2D eigenvalue weighted by atomic mass is 35.5. The number of fused-ring (bicyclic) bond motifs is 1. The summed E-state index contributed by atoms with van der Waals surface area (Å²) in [7, 11) is -7.43. The molecule has 2 aliphatic carbocycles. The van der Waals surface area contributed by atoms with Gasteiger partial charge in [-0.15, -0.1) is 0 Å². The van der Waals surface area contributed by atoms with Crippen molar-refractivity contribution in [2.24, 2.45) is 5.92 Å². The summed E-state index contributed by atoms with van der Waals surface area (Å²) in [5, 5.41) is 2.35. The van der Waals surface area contributed by atoms with E-state index in [-0.39, 0.29) is 23.4 Å². The van der Waals surface area contributed by atoms with Crippen molar-refractivity contribution in [3.8, 4) is 5.75 Å². The van der Waals surface area contributed by atoms with E-state index in [4.69, 9.17) is 16.3 Å². The molecule has 164 valence electrons. The number of methoxy groups -OCH3 is 1. The maximum Gasteiger partial charge on any atom is 0.292 e. The Morgan fingerprint density at radius 3 is 2.40 bits per heavy atom. The number of nitrogens with one attached hydrogen (secondary N) is 1. The first kappa shape index (κ1) is 22.8. The molecule has 0 amide bonds. The molecule has 30 heavy (non-hydrogen) atoms. The number of halogens is 1. The Labute approximate surface area is 180 Å². The standard InChI is InChI=1S/C19H22ClNO7S2/c1-10-6-15(20)17(28-3)9-16(10)21-19-11(2)14-5-4-13(29(22,23)24)7-12(14)8-18(19)30(25,26)27/h4-6,9,12-13,21H,7-8H2,1-3H3,(H,22,23,24)(H,25,26,27). The third kappa shape index (κ3) is 4.42. The van der Waals surface area contributed by atoms with E-state index in [0.717, 1.165) is 11.1 Å². The molecule has 0 aromatic heterocycles. The van der Waals surface area contributed by atoms with Gasteiger partial charge in [0.1, 0.15) is 11.0 Å². The molecule has 0 aliphatic heterocycles. The molecule has 0 fully saturated rings. The second-order valence-corrected chi connectivity index (χ2v) is 10.8. The minimum absolute atomic E-state index is 0.0160. The molecule has 0 radical (unpaired) electrons. The summed E-state index contributed by atoms with van der Waals surface area (Å²) in [4.78, 5) is -0.244. The third-order valence-corrected chi connectivity index (χ3v) is 7.82. The van der Waals surface area contributed by atoms with E-state index in [0.29, 0.717) is 22.0 Å². The van der Waals surface area contributed by atoms with E-state index in [1.165, 1.54) is 13.2 Å². The van der Waals surface area contributed by atoms with Crippen LogP contribution >= 0.6 is 11.6 Å². The first-order valence-electron chi connectivity index (χ1n) is 9.00. The number of hydrogen-bond acceptors (Lipinski definition) is 6. The zero-order valence-electron chi connectivity index (χ0n) is 16.5. The predicted molar refractivity (Wildman–Crippen MR) is 115 cm³/mol. The number of ether oxygens (including phenoxy) is 1. The number of aryl methyl sites for hydroxylation is 1. The summed E-state index contributed by atoms with van der Waals surface area (Å²) >= 11 is 6.13. The molecule has 0 spiro atoms. The third-order valence-electron chi connectivity index (χ3n) is 5.42. The zero-order valence-corrected chi connectivity index (χ0v) is 18.9. The second kappa shape index (κ2) is 8.01. The number of hydrogen-bond donors (Lipinski definition) is 3. The molecule has 0 saturated heterocycles. The summed E-state index contributed by atoms with van der Waals surface area (Å²) in [5.74, 6) is -0.0865. The molecule has 1 aromatic carbocycles. The lowest BCUT2D eigenvalue weighted by Crippen LogP contribution is -2.30. The molecular weight excluding hydrogens is 454 g/mol. The van der Waals surface area contributed by atoms with E-state index < -0.39 is 31.4 Å². The number of benzene rings is 1. The lowest BCUT2D eigenvalue weighted by Gasteiger charge is -2.33. The molecular formula is C19H22ClNO7S2. The smallest absolute Gasteiger partial charge is 0.292 e. The van der Waals surface area contributed by atoms with Crippen LogP contribution in [0.15, 0.2) is 46.0 Å². The Balaban J connectivity index is 2.12. The highest BCUT2D eigenvalue weighted by Crippen LogP contribution is 2.43. The van der Waals surface area contributed by atoms with Crippen molar-refractivity contribution < 1.29 is 30.7 Å². The van der Waals surface area contributed by atoms with Crippen LogP contribution in [-0.2, 0) is 20.2 Å². The average molecular weight is 476 g/mol. The number of rotatable bonds is 5. The van der Waals surface area contributed by atoms with Crippen LogP contribution in [0.5, 0.6) is 5.75 Å². The van der Waals surface area contributed by atoms with E-state index in [2.05, 4.69) is 5.32 Å². The fraction of sp³-hybridized carbons (Fsp3) is 0.368. The lowest BCUT2D eigenvalue weighted by atomic mass is 9.79. The molecule has 3 N–H and O–H groups in total. The van der Waals surface area contributed by atoms with Crippen LogP contribution in [-0.4, -0.2) is 38.3 Å². The van der Waals surface area contributed by atoms with E-state index >= 15 is 0 Å². The fourth-order valence-electron chi connectivity index (χ4n) is 3.83. The van der Waals surface area contributed by atoms with E-state index in [9.17, 15) is 25.9 Å².